The first-order chi connectivity index (χ1) is 18.4. The third-order valence-electron chi connectivity index (χ3n) is 11.9. The van der Waals surface area contributed by atoms with Gasteiger partial charge in [-0.3, -0.25) is 0 Å². The molecule has 2 heterocycles. The smallest absolute Gasteiger partial charge is 0.331 e. The molecule has 0 bridgehead atoms. The first-order valence-electron chi connectivity index (χ1n) is 14.6. The minimum absolute atomic E-state index is 0.0578. The van der Waals surface area contributed by atoms with Gasteiger partial charge in [-0.05, 0) is 68.8 Å². The largest absolute Gasteiger partial charge is 0.458 e. The van der Waals surface area contributed by atoms with Crippen molar-refractivity contribution in [3.8, 4) is 0 Å². The zero-order valence-corrected chi connectivity index (χ0v) is 23.4. The van der Waals surface area contributed by atoms with Gasteiger partial charge in [0.05, 0.1) is 23.9 Å². The standard InChI is InChI=1S/C30H44O9/c1-15-24(33)26(36-4)25(34)27(38-15)39-18-12-17-5-6-21-20(29(17,3)22(31)13-18)7-9-28(2)19(8-10-30(21,28)35)16-11-23(32)37-14-16/h11-12,15,18-22,24-27,31,33-35H,5-10,13-14H2,1-4H3/t15-,18+,19+,20+,21+,22+,24+,25+,26+,27+,28+,29-,30-/m0/s1. The van der Waals surface area contributed by atoms with Crippen LogP contribution in [0.1, 0.15) is 65.7 Å². The third kappa shape index (κ3) is 3.95. The molecule has 0 aromatic heterocycles. The zero-order valence-electron chi connectivity index (χ0n) is 23.4. The number of methoxy groups -OCH3 is 1. The number of hydrogen-bond donors (Lipinski definition) is 4. The van der Waals surface area contributed by atoms with Crippen molar-refractivity contribution < 1.29 is 44.2 Å². The molecule has 4 fully saturated rings. The van der Waals surface area contributed by atoms with E-state index in [1.165, 1.54) is 7.11 Å². The molecule has 13 atom stereocenters. The summed E-state index contributed by atoms with van der Waals surface area (Å²) in [4.78, 5) is 11.8. The van der Waals surface area contributed by atoms with Crippen LogP contribution in [0.5, 0.6) is 0 Å². The maximum atomic E-state index is 12.4. The van der Waals surface area contributed by atoms with Gasteiger partial charge in [-0.1, -0.05) is 25.5 Å². The second-order valence-electron chi connectivity index (χ2n) is 13.3. The predicted octanol–water partition coefficient (Wildman–Crippen LogP) is 2.00. The molecule has 0 amide bonds. The van der Waals surface area contributed by atoms with Crippen molar-refractivity contribution in [1.29, 1.82) is 0 Å². The van der Waals surface area contributed by atoms with Crippen LogP contribution in [0.3, 0.4) is 0 Å². The lowest BCUT2D eigenvalue weighted by atomic mass is 9.44. The van der Waals surface area contributed by atoms with Crippen molar-refractivity contribution >= 4 is 5.97 Å². The summed E-state index contributed by atoms with van der Waals surface area (Å²) in [5.41, 5.74) is 0.495. The van der Waals surface area contributed by atoms with Crippen LogP contribution in [0.25, 0.3) is 0 Å². The van der Waals surface area contributed by atoms with Crippen molar-refractivity contribution in [3.63, 3.8) is 0 Å². The molecule has 0 aromatic rings. The Balaban J connectivity index is 1.23. The van der Waals surface area contributed by atoms with Crippen LogP contribution in [-0.4, -0.2) is 88.6 Å². The van der Waals surface area contributed by atoms with Gasteiger partial charge in [0.15, 0.2) is 6.29 Å². The normalized spacial score (nSPS) is 53.3. The molecule has 2 aliphatic heterocycles. The molecule has 39 heavy (non-hydrogen) atoms. The van der Waals surface area contributed by atoms with E-state index in [0.29, 0.717) is 19.4 Å². The Morgan fingerprint density at radius 2 is 1.82 bits per heavy atom. The quantitative estimate of drug-likeness (QED) is 0.307. The Morgan fingerprint density at radius 3 is 2.51 bits per heavy atom. The van der Waals surface area contributed by atoms with Crippen LogP contribution in [-0.2, 0) is 23.7 Å². The van der Waals surface area contributed by atoms with Crippen LogP contribution < -0.4 is 0 Å². The fourth-order valence-electron chi connectivity index (χ4n) is 9.56. The van der Waals surface area contributed by atoms with Crippen LogP contribution in [0, 0.1) is 28.6 Å². The fourth-order valence-corrected chi connectivity index (χ4v) is 9.56. The van der Waals surface area contributed by atoms with E-state index in [2.05, 4.69) is 19.9 Å². The van der Waals surface area contributed by atoms with Crippen molar-refractivity contribution in [2.45, 2.75) is 114 Å². The average molecular weight is 549 g/mol. The Kier molecular flexibility index (Phi) is 6.86. The number of fused-ring (bicyclic) bond motifs is 5. The van der Waals surface area contributed by atoms with Crippen molar-refractivity contribution in [3.05, 3.63) is 23.3 Å². The molecule has 4 N–H and O–H groups in total. The molecule has 3 saturated carbocycles. The fraction of sp³-hybridized carbons (Fsp3) is 0.833. The second-order valence-corrected chi connectivity index (χ2v) is 13.3. The number of hydrogen-bond acceptors (Lipinski definition) is 9. The number of carbonyl (C=O) groups excluding carboxylic acids is 1. The number of esters is 1. The van der Waals surface area contributed by atoms with Crippen LogP contribution in [0.15, 0.2) is 23.3 Å². The lowest BCUT2D eigenvalue weighted by Crippen LogP contribution is -2.63. The van der Waals surface area contributed by atoms with Crippen LogP contribution in [0.4, 0.5) is 0 Å². The molecule has 4 aliphatic carbocycles. The van der Waals surface area contributed by atoms with Crippen LogP contribution >= 0.6 is 0 Å². The van der Waals surface area contributed by atoms with Gasteiger partial charge in [0, 0.05) is 30.4 Å². The van der Waals surface area contributed by atoms with Gasteiger partial charge in [-0.2, -0.15) is 0 Å². The van der Waals surface area contributed by atoms with E-state index >= 15 is 0 Å². The minimum atomic E-state index is -1.16. The maximum absolute atomic E-state index is 12.4. The Hall–Kier alpha value is -1.33. The lowest BCUT2D eigenvalue weighted by Gasteiger charge is -2.62. The minimum Gasteiger partial charge on any atom is -0.458 e. The van der Waals surface area contributed by atoms with Gasteiger partial charge < -0.3 is 39.4 Å². The van der Waals surface area contributed by atoms with E-state index in [-0.39, 0.29) is 29.1 Å². The molecule has 0 unspecified atom stereocenters. The highest BCUT2D eigenvalue weighted by Gasteiger charge is 2.68. The van der Waals surface area contributed by atoms with Gasteiger partial charge in [0.2, 0.25) is 0 Å². The third-order valence-corrected chi connectivity index (χ3v) is 11.9. The van der Waals surface area contributed by atoms with Gasteiger partial charge >= 0.3 is 5.97 Å². The molecule has 0 radical (unpaired) electrons. The van der Waals surface area contributed by atoms with Gasteiger partial charge in [-0.15, -0.1) is 0 Å². The molecule has 9 nitrogen and oxygen atoms in total. The summed E-state index contributed by atoms with van der Waals surface area (Å²) in [7, 11) is 1.44. The molecular formula is C30H44O9. The molecule has 1 saturated heterocycles. The van der Waals surface area contributed by atoms with Gasteiger partial charge in [0.25, 0.3) is 0 Å². The van der Waals surface area contributed by atoms with Crippen molar-refractivity contribution in [2.75, 3.05) is 13.7 Å². The molecule has 0 aromatic carbocycles. The number of aliphatic hydroxyl groups excluding tert-OH is 3. The Bertz CT molecular complexity index is 1060. The number of ether oxygens (including phenoxy) is 4. The second kappa shape index (κ2) is 9.61. The highest BCUT2D eigenvalue weighted by molar-refractivity contribution is 5.85. The summed E-state index contributed by atoms with van der Waals surface area (Å²) in [5.74, 6) is 0.0366. The summed E-state index contributed by atoms with van der Waals surface area (Å²) in [5, 5.41) is 45.1. The molecule has 6 aliphatic rings. The van der Waals surface area contributed by atoms with E-state index < -0.39 is 53.9 Å². The van der Waals surface area contributed by atoms with Crippen LogP contribution in [0.2, 0.25) is 0 Å². The number of rotatable bonds is 4. The molecule has 0 spiro atoms. The summed E-state index contributed by atoms with van der Waals surface area (Å²) in [6.07, 6.45) is 3.33. The van der Waals surface area contributed by atoms with Gasteiger partial charge in [-0.25, -0.2) is 4.79 Å². The highest BCUT2D eigenvalue weighted by Crippen LogP contribution is 2.69. The number of carbonyl (C=O) groups is 1. The molecule has 9 heteroatoms. The van der Waals surface area contributed by atoms with E-state index in [1.807, 2.05) is 0 Å². The first-order valence-corrected chi connectivity index (χ1v) is 14.6. The first kappa shape index (κ1) is 27.8. The Labute approximate surface area is 230 Å². The number of cyclic esters (lactones) is 1. The van der Waals surface area contributed by atoms with E-state index in [0.717, 1.165) is 43.3 Å². The summed E-state index contributed by atoms with van der Waals surface area (Å²) < 4.78 is 22.5. The van der Waals surface area contributed by atoms with E-state index in [1.54, 1.807) is 13.0 Å². The monoisotopic (exact) mass is 548 g/mol. The average Bonchev–Trinajstić information content (AvgIpc) is 3.43. The lowest BCUT2D eigenvalue weighted by molar-refractivity contribution is -0.306. The highest BCUT2D eigenvalue weighted by atomic mass is 16.7. The summed E-state index contributed by atoms with van der Waals surface area (Å²) >= 11 is 0. The molecular weight excluding hydrogens is 504 g/mol. The van der Waals surface area contributed by atoms with E-state index in [9.17, 15) is 25.2 Å². The van der Waals surface area contributed by atoms with Gasteiger partial charge in [0.1, 0.15) is 24.9 Å². The Morgan fingerprint density at radius 1 is 1.05 bits per heavy atom. The molecule has 218 valence electrons. The zero-order chi connectivity index (χ0) is 27.9. The van der Waals surface area contributed by atoms with Crippen molar-refractivity contribution in [2.24, 2.45) is 28.6 Å². The van der Waals surface area contributed by atoms with E-state index in [4.69, 9.17) is 18.9 Å². The molecule has 6 rings (SSSR count). The SMILES string of the molecule is CO[C@H]1[C@@H](O)[C@@H](O[C@@H]2C=C3CC[C@@H]4[C@@H](CC[C@]5(C)[C@@H](C6=CC(=O)OC6)CC[C@]45O)[C@@]3(C)[C@H](O)C2)O[C@@H](C)[C@H]1O. The van der Waals surface area contributed by atoms with Crippen molar-refractivity contribution in [1.82, 2.24) is 0 Å². The predicted molar refractivity (Wildman–Crippen MR) is 139 cm³/mol. The topological polar surface area (TPSA) is 135 Å². The summed E-state index contributed by atoms with van der Waals surface area (Å²) in [6.45, 7) is 6.39. The number of aliphatic hydroxyl groups is 4. The summed E-state index contributed by atoms with van der Waals surface area (Å²) in [6, 6.07) is 0. The maximum Gasteiger partial charge on any atom is 0.331 e.